The Kier molecular flexibility index (Phi) is 5.54. The molecule has 1 amide bonds. The van der Waals surface area contributed by atoms with Crippen molar-refractivity contribution in [2.75, 3.05) is 13.1 Å². The third-order valence-electron chi connectivity index (χ3n) is 4.73. The van der Waals surface area contributed by atoms with Gasteiger partial charge in [-0.25, -0.2) is 0 Å². The van der Waals surface area contributed by atoms with E-state index in [9.17, 15) is 4.79 Å². The summed E-state index contributed by atoms with van der Waals surface area (Å²) in [6.45, 7) is 7.47. The van der Waals surface area contributed by atoms with Gasteiger partial charge in [0.25, 0.3) is 5.91 Å². The monoisotopic (exact) mass is 337 g/mol. The quantitative estimate of drug-likeness (QED) is 0.843. The number of morpholine rings is 1. The van der Waals surface area contributed by atoms with Gasteiger partial charge in [-0.15, -0.1) is 0 Å². The number of ether oxygens (including phenoxy) is 1. The highest BCUT2D eigenvalue weighted by Gasteiger charge is 2.26. The molecule has 0 N–H and O–H groups in total. The number of carbonyl (C=O) groups is 1. The average Bonchev–Trinajstić information content (AvgIpc) is 2.60. The minimum Gasteiger partial charge on any atom is -0.372 e. The van der Waals surface area contributed by atoms with Gasteiger partial charge in [-0.1, -0.05) is 42.0 Å². The van der Waals surface area contributed by atoms with Crippen LogP contribution in [0, 0.1) is 6.92 Å². The largest absolute Gasteiger partial charge is 0.372 e. The highest BCUT2D eigenvalue weighted by molar-refractivity contribution is 5.94. The zero-order valence-corrected chi connectivity index (χ0v) is 15.4. The van der Waals surface area contributed by atoms with Crippen molar-refractivity contribution in [3.63, 3.8) is 0 Å². The van der Waals surface area contributed by atoms with E-state index in [1.807, 2.05) is 30.9 Å². The van der Waals surface area contributed by atoms with Gasteiger partial charge >= 0.3 is 0 Å². The second-order valence-electron chi connectivity index (χ2n) is 7.15. The summed E-state index contributed by atoms with van der Waals surface area (Å²) in [5.41, 5.74) is 4.67. The second-order valence-corrected chi connectivity index (χ2v) is 7.15. The van der Waals surface area contributed by atoms with Crippen LogP contribution in [0.25, 0.3) is 0 Å². The number of carbonyl (C=O) groups excluding carboxylic acids is 1. The van der Waals surface area contributed by atoms with E-state index in [1.165, 1.54) is 16.7 Å². The summed E-state index contributed by atoms with van der Waals surface area (Å²) < 4.78 is 5.71. The number of benzene rings is 2. The smallest absolute Gasteiger partial charge is 0.254 e. The minimum atomic E-state index is 0.0986. The minimum absolute atomic E-state index is 0.0986. The lowest BCUT2D eigenvalue weighted by Crippen LogP contribution is -2.48. The van der Waals surface area contributed by atoms with Gasteiger partial charge in [0.1, 0.15) is 0 Å². The van der Waals surface area contributed by atoms with Crippen molar-refractivity contribution in [1.29, 1.82) is 0 Å². The SMILES string of the molecule is Cc1ccc(CCc2ccc(C(=O)N3C[C@@H](C)O[C@@H](C)C3)cc2)cc1. The Bertz CT molecular complexity index is 696. The third-order valence-corrected chi connectivity index (χ3v) is 4.73. The summed E-state index contributed by atoms with van der Waals surface area (Å²) >= 11 is 0. The zero-order valence-electron chi connectivity index (χ0n) is 15.4. The van der Waals surface area contributed by atoms with Crippen LogP contribution in [-0.4, -0.2) is 36.1 Å². The van der Waals surface area contributed by atoms with Crippen molar-refractivity contribution in [3.05, 3.63) is 70.8 Å². The molecule has 2 atom stereocenters. The molecular weight excluding hydrogens is 310 g/mol. The molecule has 3 rings (SSSR count). The van der Waals surface area contributed by atoms with Crippen molar-refractivity contribution >= 4 is 5.91 Å². The lowest BCUT2D eigenvalue weighted by molar-refractivity contribution is -0.0586. The molecule has 132 valence electrons. The third kappa shape index (κ3) is 4.70. The summed E-state index contributed by atoms with van der Waals surface area (Å²) in [6.07, 6.45) is 2.21. The Balaban J connectivity index is 1.59. The first-order valence-electron chi connectivity index (χ1n) is 9.10. The fourth-order valence-electron chi connectivity index (χ4n) is 3.38. The van der Waals surface area contributed by atoms with Crippen LogP contribution in [0.1, 0.15) is 40.9 Å². The van der Waals surface area contributed by atoms with Crippen molar-refractivity contribution in [2.45, 2.75) is 45.8 Å². The normalized spacial score (nSPS) is 20.5. The second kappa shape index (κ2) is 7.83. The van der Waals surface area contributed by atoms with Crippen LogP contribution >= 0.6 is 0 Å². The number of hydrogen-bond donors (Lipinski definition) is 0. The Labute approximate surface area is 150 Å². The van der Waals surface area contributed by atoms with Gasteiger partial charge in [-0.2, -0.15) is 0 Å². The van der Waals surface area contributed by atoms with E-state index < -0.39 is 0 Å². The molecule has 0 aromatic heterocycles. The summed E-state index contributed by atoms with van der Waals surface area (Å²) in [6, 6.07) is 16.8. The topological polar surface area (TPSA) is 29.5 Å². The van der Waals surface area contributed by atoms with Gasteiger partial charge in [-0.3, -0.25) is 4.79 Å². The molecule has 1 saturated heterocycles. The van der Waals surface area contributed by atoms with Crippen LogP contribution in [-0.2, 0) is 17.6 Å². The molecule has 1 aliphatic rings. The van der Waals surface area contributed by atoms with E-state index in [0.29, 0.717) is 13.1 Å². The fourth-order valence-corrected chi connectivity index (χ4v) is 3.38. The highest BCUT2D eigenvalue weighted by Crippen LogP contribution is 2.16. The van der Waals surface area contributed by atoms with E-state index in [-0.39, 0.29) is 18.1 Å². The molecule has 0 unspecified atom stereocenters. The van der Waals surface area contributed by atoms with Gasteiger partial charge < -0.3 is 9.64 Å². The van der Waals surface area contributed by atoms with Crippen LogP contribution < -0.4 is 0 Å². The molecule has 3 nitrogen and oxygen atoms in total. The van der Waals surface area contributed by atoms with Gasteiger partial charge in [-0.05, 0) is 56.9 Å². The lowest BCUT2D eigenvalue weighted by Gasteiger charge is -2.35. The van der Waals surface area contributed by atoms with Crippen LogP contribution in [0.3, 0.4) is 0 Å². The maximum absolute atomic E-state index is 12.7. The number of nitrogens with zero attached hydrogens (tertiary/aromatic N) is 1. The van der Waals surface area contributed by atoms with Crippen molar-refractivity contribution < 1.29 is 9.53 Å². The molecule has 2 aromatic rings. The van der Waals surface area contributed by atoms with Gasteiger partial charge in [0.15, 0.2) is 0 Å². The predicted molar refractivity (Wildman–Crippen MR) is 101 cm³/mol. The maximum Gasteiger partial charge on any atom is 0.254 e. The zero-order chi connectivity index (χ0) is 17.8. The number of hydrogen-bond acceptors (Lipinski definition) is 2. The molecule has 0 bridgehead atoms. The Morgan fingerprint density at radius 1 is 0.920 bits per heavy atom. The molecule has 1 fully saturated rings. The Morgan fingerprint density at radius 3 is 1.92 bits per heavy atom. The number of rotatable bonds is 4. The van der Waals surface area contributed by atoms with E-state index >= 15 is 0 Å². The number of aryl methyl sites for hydroxylation is 3. The Morgan fingerprint density at radius 2 is 1.40 bits per heavy atom. The molecule has 1 heterocycles. The van der Waals surface area contributed by atoms with Gasteiger partial charge in [0, 0.05) is 18.7 Å². The summed E-state index contributed by atoms with van der Waals surface area (Å²) in [5, 5.41) is 0. The number of amides is 1. The maximum atomic E-state index is 12.7. The molecule has 3 heteroatoms. The van der Waals surface area contributed by atoms with Crippen molar-refractivity contribution in [3.8, 4) is 0 Å². The standard InChI is InChI=1S/C22H27NO2/c1-16-4-6-19(7-5-16)8-9-20-10-12-21(13-11-20)22(24)23-14-17(2)25-18(3)15-23/h4-7,10-13,17-18H,8-9,14-15H2,1-3H3/t17-,18+. The summed E-state index contributed by atoms with van der Waals surface area (Å²) in [7, 11) is 0. The average molecular weight is 337 g/mol. The van der Waals surface area contributed by atoms with Crippen LogP contribution in [0.4, 0.5) is 0 Å². The summed E-state index contributed by atoms with van der Waals surface area (Å²) in [4.78, 5) is 14.6. The molecular formula is C22H27NO2. The summed E-state index contributed by atoms with van der Waals surface area (Å²) in [5.74, 6) is 0.104. The molecule has 0 spiro atoms. The Hall–Kier alpha value is -2.13. The fraction of sp³-hybridized carbons (Fsp3) is 0.409. The first-order valence-corrected chi connectivity index (χ1v) is 9.10. The van der Waals surface area contributed by atoms with Crippen LogP contribution in [0.5, 0.6) is 0 Å². The molecule has 0 radical (unpaired) electrons. The van der Waals surface area contributed by atoms with E-state index in [2.05, 4.69) is 43.3 Å². The molecule has 1 aliphatic heterocycles. The van der Waals surface area contributed by atoms with E-state index in [4.69, 9.17) is 4.74 Å². The predicted octanol–water partition coefficient (Wildman–Crippen LogP) is 4.03. The van der Waals surface area contributed by atoms with Crippen molar-refractivity contribution in [2.24, 2.45) is 0 Å². The van der Waals surface area contributed by atoms with Crippen molar-refractivity contribution in [1.82, 2.24) is 4.90 Å². The first kappa shape index (κ1) is 17.7. The van der Waals surface area contributed by atoms with E-state index in [0.717, 1.165) is 18.4 Å². The molecule has 0 saturated carbocycles. The van der Waals surface area contributed by atoms with Gasteiger partial charge in [0.2, 0.25) is 0 Å². The molecule has 0 aliphatic carbocycles. The van der Waals surface area contributed by atoms with Crippen LogP contribution in [0.15, 0.2) is 48.5 Å². The highest BCUT2D eigenvalue weighted by atomic mass is 16.5. The molecule has 2 aromatic carbocycles. The van der Waals surface area contributed by atoms with E-state index in [1.54, 1.807) is 0 Å². The van der Waals surface area contributed by atoms with Crippen LogP contribution in [0.2, 0.25) is 0 Å². The lowest BCUT2D eigenvalue weighted by atomic mass is 10.0. The molecule has 25 heavy (non-hydrogen) atoms. The first-order chi connectivity index (χ1) is 12.0. The van der Waals surface area contributed by atoms with Gasteiger partial charge in [0.05, 0.1) is 12.2 Å².